The molecule has 0 heterocycles. The summed E-state index contributed by atoms with van der Waals surface area (Å²) in [5.74, 6) is -0.529. The SMILES string of the molecule is CC(Nc1ccc(Cl)c(C#N)c1)c1cc(F)c(Cl)cc1Cl. The Bertz CT molecular complexity index is 726. The summed E-state index contributed by atoms with van der Waals surface area (Å²) < 4.78 is 13.6. The molecule has 0 amide bonds. The van der Waals surface area contributed by atoms with Gasteiger partial charge in [-0.15, -0.1) is 0 Å². The van der Waals surface area contributed by atoms with Crippen molar-refractivity contribution in [3.05, 3.63) is 62.3 Å². The predicted octanol–water partition coefficient (Wildman–Crippen LogP) is 5.83. The third-order valence-corrected chi connectivity index (χ3v) is 3.92. The molecule has 1 atom stereocenters. The van der Waals surface area contributed by atoms with Gasteiger partial charge in [-0.2, -0.15) is 5.26 Å². The van der Waals surface area contributed by atoms with E-state index in [1.807, 2.05) is 13.0 Å². The van der Waals surface area contributed by atoms with Crippen molar-refractivity contribution in [1.29, 1.82) is 5.26 Å². The summed E-state index contributed by atoms with van der Waals surface area (Å²) >= 11 is 17.6. The van der Waals surface area contributed by atoms with Crippen LogP contribution in [0.3, 0.4) is 0 Å². The number of benzene rings is 2. The second kappa shape index (κ2) is 6.53. The number of rotatable bonds is 3. The van der Waals surface area contributed by atoms with Crippen molar-refractivity contribution < 1.29 is 4.39 Å². The van der Waals surface area contributed by atoms with Gasteiger partial charge >= 0.3 is 0 Å². The average Bonchev–Trinajstić information content (AvgIpc) is 2.44. The van der Waals surface area contributed by atoms with Crippen LogP contribution in [-0.4, -0.2) is 0 Å². The molecule has 0 saturated heterocycles. The molecular formula is C15H10Cl3FN2. The van der Waals surface area contributed by atoms with Gasteiger partial charge in [-0.05, 0) is 42.8 Å². The van der Waals surface area contributed by atoms with Crippen LogP contribution in [-0.2, 0) is 0 Å². The monoisotopic (exact) mass is 342 g/mol. The molecule has 0 saturated carbocycles. The standard InChI is InChI=1S/C15H10Cl3FN2/c1-8(11-5-15(19)14(18)6-13(11)17)21-10-2-3-12(16)9(4-10)7-20/h2-6,8,21H,1H3. The highest BCUT2D eigenvalue weighted by molar-refractivity contribution is 6.35. The van der Waals surface area contributed by atoms with Gasteiger partial charge in [-0.25, -0.2) is 4.39 Å². The van der Waals surface area contributed by atoms with Crippen LogP contribution in [0.2, 0.25) is 15.1 Å². The molecule has 0 spiro atoms. The minimum absolute atomic E-state index is 0.0193. The molecular weight excluding hydrogens is 334 g/mol. The zero-order valence-corrected chi connectivity index (χ0v) is 13.2. The largest absolute Gasteiger partial charge is 0.378 e. The number of hydrogen-bond donors (Lipinski definition) is 1. The summed E-state index contributed by atoms with van der Waals surface area (Å²) in [6, 6.07) is 9.38. The zero-order chi connectivity index (χ0) is 15.6. The molecule has 0 aliphatic heterocycles. The van der Waals surface area contributed by atoms with Gasteiger partial charge in [0.25, 0.3) is 0 Å². The minimum atomic E-state index is -0.529. The van der Waals surface area contributed by atoms with E-state index in [2.05, 4.69) is 5.32 Å². The second-order valence-electron chi connectivity index (χ2n) is 4.46. The van der Waals surface area contributed by atoms with Crippen molar-refractivity contribution in [2.24, 2.45) is 0 Å². The van der Waals surface area contributed by atoms with E-state index in [1.54, 1.807) is 18.2 Å². The van der Waals surface area contributed by atoms with E-state index in [0.717, 1.165) is 0 Å². The lowest BCUT2D eigenvalue weighted by Crippen LogP contribution is -2.08. The summed E-state index contributed by atoms with van der Waals surface area (Å²) in [7, 11) is 0. The maximum absolute atomic E-state index is 13.6. The first-order valence-corrected chi connectivity index (χ1v) is 7.16. The molecule has 108 valence electrons. The minimum Gasteiger partial charge on any atom is -0.378 e. The lowest BCUT2D eigenvalue weighted by molar-refractivity contribution is 0.624. The summed E-state index contributed by atoms with van der Waals surface area (Å²) in [6.45, 7) is 1.83. The fourth-order valence-electron chi connectivity index (χ4n) is 1.90. The first-order valence-electron chi connectivity index (χ1n) is 6.03. The van der Waals surface area contributed by atoms with Crippen LogP contribution in [0.25, 0.3) is 0 Å². The molecule has 2 aromatic rings. The van der Waals surface area contributed by atoms with Gasteiger partial charge in [0.1, 0.15) is 11.9 Å². The maximum atomic E-state index is 13.6. The molecule has 2 aromatic carbocycles. The number of nitriles is 1. The summed E-state index contributed by atoms with van der Waals surface area (Å²) in [6.07, 6.45) is 0. The Morgan fingerprint density at radius 3 is 2.48 bits per heavy atom. The number of nitrogens with zero attached hydrogens (tertiary/aromatic N) is 1. The summed E-state index contributed by atoms with van der Waals surface area (Å²) in [5.41, 5.74) is 1.63. The van der Waals surface area contributed by atoms with Crippen molar-refractivity contribution in [3.8, 4) is 6.07 Å². The van der Waals surface area contributed by atoms with Crippen molar-refractivity contribution in [1.82, 2.24) is 0 Å². The van der Waals surface area contributed by atoms with Crippen LogP contribution < -0.4 is 5.32 Å². The fourth-order valence-corrected chi connectivity index (χ4v) is 2.60. The van der Waals surface area contributed by atoms with Crippen molar-refractivity contribution in [2.45, 2.75) is 13.0 Å². The predicted molar refractivity (Wildman–Crippen MR) is 84.6 cm³/mol. The Balaban J connectivity index is 2.28. The zero-order valence-electron chi connectivity index (χ0n) is 10.9. The molecule has 2 nitrogen and oxygen atoms in total. The van der Waals surface area contributed by atoms with E-state index in [1.165, 1.54) is 12.1 Å². The van der Waals surface area contributed by atoms with E-state index in [4.69, 9.17) is 40.1 Å². The Kier molecular flexibility index (Phi) is 4.95. The van der Waals surface area contributed by atoms with Crippen LogP contribution in [0.15, 0.2) is 30.3 Å². The highest BCUT2D eigenvalue weighted by atomic mass is 35.5. The Hall–Kier alpha value is -1.47. The molecule has 0 aliphatic rings. The lowest BCUT2D eigenvalue weighted by Gasteiger charge is -2.18. The normalized spacial score (nSPS) is 11.8. The van der Waals surface area contributed by atoms with Crippen LogP contribution >= 0.6 is 34.8 Å². The summed E-state index contributed by atoms with van der Waals surface area (Å²) in [4.78, 5) is 0. The Morgan fingerprint density at radius 2 is 1.81 bits per heavy atom. The summed E-state index contributed by atoms with van der Waals surface area (Å²) in [5, 5.41) is 12.8. The van der Waals surface area contributed by atoms with Gasteiger partial charge in [0, 0.05) is 10.7 Å². The first kappa shape index (κ1) is 15.9. The van der Waals surface area contributed by atoms with E-state index in [-0.39, 0.29) is 11.1 Å². The molecule has 0 aliphatic carbocycles. The van der Waals surface area contributed by atoms with Gasteiger partial charge < -0.3 is 5.32 Å². The first-order chi connectivity index (χ1) is 9.92. The van der Waals surface area contributed by atoms with Gasteiger partial charge in [0.15, 0.2) is 0 Å². The van der Waals surface area contributed by atoms with Gasteiger partial charge in [0.05, 0.1) is 21.7 Å². The molecule has 0 fully saturated rings. The molecule has 6 heteroatoms. The van der Waals surface area contributed by atoms with E-state index in [9.17, 15) is 4.39 Å². The highest BCUT2D eigenvalue weighted by Crippen LogP contribution is 2.31. The molecule has 2 rings (SSSR count). The maximum Gasteiger partial charge on any atom is 0.142 e. The van der Waals surface area contributed by atoms with Crippen LogP contribution in [0.4, 0.5) is 10.1 Å². The van der Waals surface area contributed by atoms with E-state index < -0.39 is 5.82 Å². The van der Waals surface area contributed by atoms with Crippen LogP contribution in [0.1, 0.15) is 24.1 Å². The van der Waals surface area contributed by atoms with E-state index in [0.29, 0.717) is 26.9 Å². The molecule has 1 unspecified atom stereocenters. The smallest absolute Gasteiger partial charge is 0.142 e. The number of nitrogens with one attached hydrogen (secondary N) is 1. The van der Waals surface area contributed by atoms with Gasteiger partial charge in [0.2, 0.25) is 0 Å². The quantitative estimate of drug-likeness (QED) is 0.712. The van der Waals surface area contributed by atoms with Gasteiger partial charge in [-0.3, -0.25) is 0 Å². The lowest BCUT2D eigenvalue weighted by atomic mass is 10.1. The van der Waals surface area contributed by atoms with Crippen molar-refractivity contribution >= 4 is 40.5 Å². The van der Waals surface area contributed by atoms with E-state index >= 15 is 0 Å². The third-order valence-electron chi connectivity index (χ3n) is 2.98. The van der Waals surface area contributed by atoms with Crippen molar-refractivity contribution in [2.75, 3.05) is 5.32 Å². The van der Waals surface area contributed by atoms with Crippen LogP contribution in [0, 0.1) is 17.1 Å². The second-order valence-corrected chi connectivity index (χ2v) is 5.68. The Morgan fingerprint density at radius 1 is 1.10 bits per heavy atom. The van der Waals surface area contributed by atoms with Crippen molar-refractivity contribution in [3.63, 3.8) is 0 Å². The molecule has 0 radical (unpaired) electrons. The molecule has 0 aromatic heterocycles. The Labute approximate surface area is 137 Å². The van der Waals surface area contributed by atoms with Gasteiger partial charge in [-0.1, -0.05) is 34.8 Å². The molecule has 0 bridgehead atoms. The van der Waals surface area contributed by atoms with Crippen LogP contribution in [0.5, 0.6) is 0 Å². The molecule has 1 N–H and O–H groups in total. The highest BCUT2D eigenvalue weighted by Gasteiger charge is 2.14. The number of hydrogen-bond acceptors (Lipinski definition) is 2. The fraction of sp³-hybridized carbons (Fsp3) is 0.133. The number of halogens is 4. The average molecular weight is 344 g/mol. The topological polar surface area (TPSA) is 35.8 Å². The number of anilines is 1. The third kappa shape index (κ3) is 3.59. The molecule has 21 heavy (non-hydrogen) atoms.